The van der Waals surface area contributed by atoms with Gasteiger partial charge in [0.1, 0.15) is 11.4 Å². The highest BCUT2D eigenvalue weighted by atomic mass is 19.1. The van der Waals surface area contributed by atoms with Crippen molar-refractivity contribution >= 4 is 11.6 Å². The van der Waals surface area contributed by atoms with Gasteiger partial charge in [-0.05, 0) is 13.0 Å². The monoisotopic (exact) mass is 195 g/mol. The predicted molar refractivity (Wildman–Crippen MR) is 44.6 cm³/mol. The van der Waals surface area contributed by atoms with E-state index in [9.17, 15) is 9.18 Å². The van der Waals surface area contributed by atoms with E-state index < -0.39 is 17.3 Å². The van der Waals surface area contributed by atoms with Crippen molar-refractivity contribution in [1.82, 2.24) is 14.6 Å². The minimum atomic E-state index is -1.31. The van der Waals surface area contributed by atoms with Gasteiger partial charge in [0.25, 0.3) is 0 Å². The Balaban J connectivity index is 2.82. The van der Waals surface area contributed by atoms with E-state index in [1.165, 1.54) is 16.7 Å². The minimum Gasteiger partial charge on any atom is -0.478 e. The van der Waals surface area contributed by atoms with Gasteiger partial charge in [-0.3, -0.25) is 4.40 Å². The fourth-order valence-corrected chi connectivity index (χ4v) is 1.21. The number of aryl methyl sites for hydroxylation is 1. The molecule has 0 amide bonds. The SMILES string of the molecule is Cc1nnc2c(F)c(C(=O)O)ccn12. The summed E-state index contributed by atoms with van der Waals surface area (Å²) in [6, 6.07) is 1.18. The summed E-state index contributed by atoms with van der Waals surface area (Å²) in [5.74, 6) is -1.66. The van der Waals surface area contributed by atoms with Gasteiger partial charge in [0.05, 0.1) is 0 Å². The van der Waals surface area contributed by atoms with Gasteiger partial charge in [0.2, 0.25) is 0 Å². The Morgan fingerprint density at radius 3 is 2.93 bits per heavy atom. The summed E-state index contributed by atoms with van der Waals surface area (Å²) in [4.78, 5) is 10.6. The first kappa shape index (κ1) is 8.61. The molecule has 0 atom stereocenters. The van der Waals surface area contributed by atoms with Crippen LogP contribution in [0.15, 0.2) is 12.3 Å². The zero-order valence-corrected chi connectivity index (χ0v) is 7.23. The van der Waals surface area contributed by atoms with Crippen LogP contribution in [0, 0.1) is 12.7 Å². The molecule has 0 aliphatic rings. The molecule has 2 heterocycles. The molecule has 2 aromatic rings. The van der Waals surface area contributed by atoms with Crippen molar-refractivity contribution < 1.29 is 14.3 Å². The predicted octanol–water partition coefficient (Wildman–Crippen LogP) is 0.875. The molecule has 0 saturated carbocycles. The van der Waals surface area contributed by atoms with E-state index >= 15 is 0 Å². The molecule has 2 aromatic heterocycles. The quantitative estimate of drug-likeness (QED) is 0.733. The van der Waals surface area contributed by atoms with Crippen LogP contribution in [0.3, 0.4) is 0 Å². The summed E-state index contributed by atoms with van der Waals surface area (Å²) < 4.78 is 14.8. The summed E-state index contributed by atoms with van der Waals surface area (Å²) >= 11 is 0. The second-order valence-corrected chi connectivity index (χ2v) is 2.79. The molecule has 0 aliphatic heterocycles. The minimum absolute atomic E-state index is 0.0672. The smallest absolute Gasteiger partial charge is 0.338 e. The topological polar surface area (TPSA) is 67.5 Å². The van der Waals surface area contributed by atoms with Gasteiger partial charge in [-0.1, -0.05) is 0 Å². The molecule has 0 aromatic carbocycles. The molecule has 72 valence electrons. The number of pyridine rings is 1. The number of rotatable bonds is 1. The molecule has 0 aliphatic carbocycles. The first-order valence-corrected chi connectivity index (χ1v) is 3.84. The molecule has 0 saturated heterocycles. The Hall–Kier alpha value is -1.98. The number of nitrogens with zero attached hydrogens (tertiary/aromatic N) is 3. The molecule has 0 fully saturated rings. The Labute approximate surface area is 77.8 Å². The molecule has 0 radical (unpaired) electrons. The number of halogens is 1. The van der Waals surface area contributed by atoms with Crippen LogP contribution in [0.2, 0.25) is 0 Å². The fourth-order valence-electron chi connectivity index (χ4n) is 1.21. The number of carbonyl (C=O) groups is 1. The zero-order chi connectivity index (χ0) is 10.3. The maximum absolute atomic E-state index is 13.4. The van der Waals surface area contributed by atoms with Gasteiger partial charge in [0.15, 0.2) is 11.5 Å². The molecule has 0 unspecified atom stereocenters. The average Bonchev–Trinajstić information content (AvgIpc) is 2.49. The number of hydrogen-bond acceptors (Lipinski definition) is 3. The van der Waals surface area contributed by atoms with Gasteiger partial charge < -0.3 is 5.11 Å². The number of hydrogen-bond donors (Lipinski definition) is 1. The number of aromatic nitrogens is 3. The van der Waals surface area contributed by atoms with Crippen molar-refractivity contribution in [3.05, 3.63) is 29.5 Å². The average molecular weight is 195 g/mol. The molecular formula is C8H6FN3O2. The third kappa shape index (κ3) is 1.04. The van der Waals surface area contributed by atoms with E-state index in [4.69, 9.17) is 5.11 Å². The number of aromatic carboxylic acids is 1. The molecule has 14 heavy (non-hydrogen) atoms. The number of fused-ring (bicyclic) bond motifs is 1. The van der Waals surface area contributed by atoms with Crippen LogP contribution in [0.5, 0.6) is 0 Å². The maximum atomic E-state index is 13.4. The summed E-state index contributed by atoms with van der Waals surface area (Å²) in [5.41, 5.74) is -0.465. The Kier molecular flexibility index (Phi) is 1.70. The maximum Gasteiger partial charge on any atom is 0.338 e. The van der Waals surface area contributed by atoms with Crippen LogP contribution in [0.25, 0.3) is 5.65 Å². The highest BCUT2D eigenvalue weighted by Gasteiger charge is 2.15. The van der Waals surface area contributed by atoms with Crippen LogP contribution >= 0.6 is 0 Å². The lowest BCUT2D eigenvalue weighted by molar-refractivity contribution is 0.0692. The molecule has 2 rings (SSSR count). The zero-order valence-electron chi connectivity index (χ0n) is 7.23. The Morgan fingerprint density at radius 1 is 1.57 bits per heavy atom. The van der Waals surface area contributed by atoms with Crippen molar-refractivity contribution in [2.45, 2.75) is 6.92 Å². The molecule has 5 nitrogen and oxygen atoms in total. The highest BCUT2D eigenvalue weighted by Crippen LogP contribution is 2.13. The standard InChI is InChI=1S/C8H6FN3O2/c1-4-10-11-7-6(9)5(8(13)14)2-3-12(4)7/h2-3H,1H3,(H,13,14). The number of carboxylic acids is 1. The van der Waals surface area contributed by atoms with E-state index in [2.05, 4.69) is 10.2 Å². The largest absolute Gasteiger partial charge is 0.478 e. The molecule has 0 spiro atoms. The van der Waals surface area contributed by atoms with Crippen molar-refractivity contribution in [1.29, 1.82) is 0 Å². The van der Waals surface area contributed by atoms with E-state index in [-0.39, 0.29) is 5.65 Å². The van der Waals surface area contributed by atoms with Crippen LogP contribution in [-0.4, -0.2) is 25.7 Å². The van der Waals surface area contributed by atoms with Crippen LogP contribution in [0.4, 0.5) is 4.39 Å². The lowest BCUT2D eigenvalue weighted by Gasteiger charge is -1.98. The lowest BCUT2D eigenvalue weighted by atomic mass is 10.2. The third-order valence-electron chi connectivity index (χ3n) is 1.92. The van der Waals surface area contributed by atoms with Crippen LogP contribution in [-0.2, 0) is 0 Å². The first-order valence-electron chi connectivity index (χ1n) is 3.84. The van der Waals surface area contributed by atoms with Crippen molar-refractivity contribution in [3.8, 4) is 0 Å². The van der Waals surface area contributed by atoms with Crippen molar-refractivity contribution in [3.63, 3.8) is 0 Å². The van der Waals surface area contributed by atoms with Crippen LogP contribution in [0.1, 0.15) is 16.2 Å². The summed E-state index contributed by atoms with van der Waals surface area (Å²) in [6.07, 6.45) is 1.43. The van der Waals surface area contributed by atoms with Crippen LogP contribution < -0.4 is 0 Å². The van der Waals surface area contributed by atoms with Gasteiger partial charge in [-0.15, -0.1) is 10.2 Å². The highest BCUT2D eigenvalue weighted by molar-refractivity contribution is 5.89. The molecule has 1 N–H and O–H groups in total. The van der Waals surface area contributed by atoms with Gasteiger partial charge in [-0.2, -0.15) is 0 Å². The summed E-state index contributed by atoms with van der Waals surface area (Å²) in [5, 5.41) is 15.8. The van der Waals surface area contributed by atoms with Crippen molar-refractivity contribution in [2.24, 2.45) is 0 Å². The van der Waals surface area contributed by atoms with E-state index in [1.54, 1.807) is 6.92 Å². The van der Waals surface area contributed by atoms with Gasteiger partial charge >= 0.3 is 5.97 Å². The van der Waals surface area contributed by atoms with E-state index in [1.807, 2.05) is 0 Å². The Morgan fingerprint density at radius 2 is 2.29 bits per heavy atom. The second kappa shape index (κ2) is 2.76. The summed E-state index contributed by atoms with van der Waals surface area (Å²) in [6.45, 7) is 1.65. The van der Waals surface area contributed by atoms with Gasteiger partial charge in [0, 0.05) is 6.20 Å². The van der Waals surface area contributed by atoms with Gasteiger partial charge in [-0.25, -0.2) is 9.18 Å². The first-order chi connectivity index (χ1) is 6.61. The molecule has 0 bridgehead atoms. The van der Waals surface area contributed by atoms with E-state index in [0.29, 0.717) is 5.82 Å². The Bertz CT molecular complexity index is 521. The molecule has 6 heteroatoms. The summed E-state index contributed by atoms with van der Waals surface area (Å²) in [7, 11) is 0. The lowest BCUT2D eigenvalue weighted by Crippen LogP contribution is -2.03. The van der Waals surface area contributed by atoms with E-state index in [0.717, 1.165) is 0 Å². The fraction of sp³-hybridized carbons (Fsp3) is 0.125. The third-order valence-corrected chi connectivity index (χ3v) is 1.92. The number of carboxylic acid groups (broad SMARTS) is 1. The normalized spacial score (nSPS) is 10.7. The second-order valence-electron chi connectivity index (χ2n) is 2.79. The van der Waals surface area contributed by atoms with Crippen molar-refractivity contribution in [2.75, 3.05) is 0 Å². The molecular weight excluding hydrogens is 189 g/mol.